The molecule has 0 amide bonds. The lowest BCUT2D eigenvalue weighted by Crippen LogP contribution is -2.43. The zero-order valence-electron chi connectivity index (χ0n) is 12.2. The third-order valence-corrected chi connectivity index (χ3v) is 4.32. The molecule has 1 aromatic carbocycles. The second-order valence-electron chi connectivity index (χ2n) is 4.63. The fourth-order valence-electron chi connectivity index (χ4n) is 2.39. The molecule has 1 N–H and O–H groups in total. The average molecular weight is 345 g/mol. The number of hydrogen-bond acceptors (Lipinski definition) is 5. The molecular formula is C14H21BrN2O3. The second-order valence-corrected chi connectivity index (χ2v) is 5.43. The predicted molar refractivity (Wildman–Crippen MR) is 81.9 cm³/mol. The van der Waals surface area contributed by atoms with Crippen LogP contribution in [0, 0.1) is 0 Å². The molecule has 1 saturated heterocycles. The van der Waals surface area contributed by atoms with Crippen molar-refractivity contribution in [2.45, 2.75) is 6.54 Å². The van der Waals surface area contributed by atoms with Gasteiger partial charge in [-0.2, -0.15) is 0 Å². The first-order chi connectivity index (χ1) is 9.71. The number of nitrogens with zero attached hydrogens (tertiary/aromatic N) is 1. The molecule has 112 valence electrons. The summed E-state index contributed by atoms with van der Waals surface area (Å²) < 4.78 is 17.2. The minimum absolute atomic E-state index is 0.667. The van der Waals surface area contributed by atoms with Crippen molar-refractivity contribution in [3.8, 4) is 17.2 Å². The molecular weight excluding hydrogens is 324 g/mol. The monoisotopic (exact) mass is 344 g/mol. The van der Waals surface area contributed by atoms with Crippen LogP contribution in [-0.4, -0.2) is 52.4 Å². The first-order valence-electron chi connectivity index (χ1n) is 6.61. The summed E-state index contributed by atoms with van der Waals surface area (Å²) in [6.07, 6.45) is 0. The van der Waals surface area contributed by atoms with Gasteiger partial charge in [0.05, 0.1) is 25.8 Å². The number of methoxy groups -OCH3 is 3. The molecule has 0 unspecified atom stereocenters. The lowest BCUT2D eigenvalue weighted by molar-refractivity contribution is 0.229. The van der Waals surface area contributed by atoms with E-state index in [4.69, 9.17) is 14.2 Å². The van der Waals surface area contributed by atoms with E-state index in [1.165, 1.54) is 0 Å². The van der Waals surface area contributed by atoms with Gasteiger partial charge in [-0.3, -0.25) is 4.90 Å². The third kappa shape index (κ3) is 3.19. The average Bonchev–Trinajstić information content (AvgIpc) is 2.49. The van der Waals surface area contributed by atoms with Crippen molar-refractivity contribution >= 4 is 15.9 Å². The van der Waals surface area contributed by atoms with Gasteiger partial charge in [-0.05, 0) is 15.9 Å². The maximum atomic E-state index is 5.50. The Labute approximate surface area is 128 Å². The summed E-state index contributed by atoms with van der Waals surface area (Å²) in [5.74, 6) is 2.19. The van der Waals surface area contributed by atoms with E-state index >= 15 is 0 Å². The molecule has 0 radical (unpaired) electrons. The Kier molecular flexibility index (Phi) is 5.51. The molecule has 2 rings (SSSR count). The van der Waals surface area contributed by atoms with E-state index in [1.54, 1.807) is 21.3 Å². The van der Waals surface area contributed by atoms with E-state index in [2.05, 4.69) is 26.1 Å². The summed E-state index contributed by atoms with van der Waals surface area (Å²) >= 11 is 3.62. The van der Waals surface area contributed by atoms with Crippen LogP contribution < -0.4 is 19.5 Å². The Balaban J connectivity index is 2.34. The van der Waals surface area contributed by atoms with Crippen LogP contribution in [0.3, 0.4) is 0 Å². The molecule has 6 heteroatoms. The quantitative estimate of drug-likeness (QED) is 0.883. The van der Waals surface area contributed by atoms with Crippen LogP contribution in [0.1, 0.15) is 5.56 Å². The van der Waals surface area contributed by atoms with Crippen LogP contribution in [-0.2, 0) is 6.54 Å². The van der Waals surface area contributed by atoms with Gasteiger partial charge in [0.25, 0.3) is 0 Å². The summed E-state index contributed by atoms with van der Waals surface area (Å²) in [6.45, 7) is 4.93. The van der Waals surface area contributed by atoms with Gasteiger partial charge in [0, 0.05) is 44.4 Å². The van der Waals surface area contributed by atoms with Gasteiger partial charge >= 0.3 is 0 Å². The number of halogens is 1. The molecule has 0 bridgehead atoms. The fourth-order valence-corrected chi connectivity index (χ4v) is 3.07. The van der Waals surface area contributed by atoms with E-state index in [-0.39, 0.29) is 0 Å². The molecule has 0 aliphatic carbocycles. The molecule has 1 heterocycles. The summed E-state index contributed by atoms with van der Waals surface area (Å²) in [4.78, 5) is 2.39. The van der Waals surface area contributed by atoms with E-state index in [0.29, 0.717) is 11.5 Å². The van der Waals surface area contributed by atoms with Crippen molar-refractivity contribution in [1.29, 1.82) is 0 Å². The minimum atomic E-state index is 0.667. The molecule has 1 aliphatic heterocycles. The Morgan fingerprint density at radius 1 is 1.10 bits per heavy atom. The third-order valence-electron chi connectivity index (χ3n) is 3.48. The molecule has 0 atom stereocenters. The van der Waals surface area contributed by atoms with Crippen LogP contribution in [0.25, 0.3) is 0 Å². The standard InChI is InChI=1S/C14H21BrN2O3/c1-18-11-8-12(19-2)14(20-3)13(15)10(11)9-17-6-4-16-5-7-17/h8,16H,4-7,9H2,1-3H3. The van der Waals surface area contributed by atoms with Gasteiger partial charge in [-0.1, -0.05) is 0 Å². The normalized spacial score (nSPS) is 16.0. The SMILES string of the molecule is COc1cc(OC)c(OC)c(Br)c1CN1CCNCC1. The highest BCUT2D eigenvalue weighted by Gasteiger charge is 2.21. The van der Waals surface area contributed by atoms with E-state index < -0.39 is 0 Å². The van der Waals surface area contributed by atoms with Crippen LogP contribution in [0.15, 0.2) is 10.5 Å². The van der Waals surface area contributed by atoms with Crippen LogP contribution in [0.5, 0.6) is 17.2 Å². The van der Waals surface area contributed by atoms with E-state index in [9.17, 15) is 0 Å². The number of hydrogen-bond donors (Lipinski definition) is 1. The smallest absolute Gasteiger partial charge is 0.175 e. The molecule has 20 heavy (non-hydrogen) atoms. The molecule has 1 fully saturated rings. The van der Waals surface area contributed by atoms with Crippen molar-refractivity contribution in [3.05, 3.63) is 16.1 Å². The van der Waals surface area contributed by atoms with Gasteiger partial charge in [0.2, 0.25) is 0 Å². The minimum Gasteiger partial charge on any atom is -0.496 e. The van der Waals surface area contributed by atoms with Gasteiger partial charge in [0.1, 0.15) is 5.75 Å². The van der Waals surface area contributed by atoms with E-state index in [1.807, 2.05) is 6.07 Å². The fraction of sp³-hybridized carbons (Fsp3) is 0.571. The maximum Gasteiger partial charge on any atom is 0.175 e. The summed E-state index contributed by atoms with van der Waals surface area (Å²) in [5.41, 5.74) is 1.09. The van der Waals surface area contributed by atoms with Gasteiger partial charge in [0.15, 0.2) is 11.5 Å². The Bertz CT molecular complexity index is 462. The lowest BCUT2D eigenvalue weighted by atomic mass is 10.1. The highest BCUT2D eigenvalue weighted by Crippen LogP contribution is 2.43. The molecule has 0 spiro atoms. The van der Waals surface area contributed by atoms with Crippen LogP contribution in [0.2, 0.25) is 0 Å². The largest absolute Gasteiger partial charge is 0.496 e. The number of benzene rings is 1. The van der Waals surface area contributed by atoms with Crippen LogP contribution >= 0.6 is 15.9 Å². The Morgan fingerprint density at radius 3 is 2.30 bits per heavy atom. The highest BCUT2D eigenvalue weighted by molar-refractivity contribution is 9.10. The first kappa shape index (κ1) is 15.4. The molecule has 0 saturated carbocycles. The molecule has 0 aromatic heterocycles. The molecule has 5 nitrogen and oxygen atoms in total. The number of piperazine rings is 1. The topological polar surface area (TPSA) is 43.0 Å². The molecule has 1 aromatic rings. The van der Waals surface area contributed by atoms with Crippen LogP contribution in [0.4, 0.5) is 0 Å². The van der Waals surface area contributed by atoms with Crippen molar-refractivity contribution in [1.82, 2.24) is 10.2 Å². The van der Waals surface area contributed by atoms with Crippen molar-refractivity contribution in [2.75, 3.05) is 47.5 Å². The lowest BCUT2D eigenvalue weighted by Gasteiger charge is -2.28. The van der Waals surface area contributed by atoms with Gasteiger partial charge in [-0.25, -0.2) is 0 Å². The maximum absolute atomic E-state index is 5.50. The number of ether oxygens (including phenoxy) is 3. The first-order valence-corrected chi connectivity index (χ1v) is 7.41. The van der Waals surface area contributed by atoms with Crippen molar-refractivity contribution < 1.29 is 14.2 Å². The Hall–Kier alpha value is -0.980. The van der Waals surface area contributed by atoms with E-state index in [0.717, 1.165) is 48.5 Å². The zero-order valence-corrected chi connectivity index (χ0v) is 13.7. The number of nitrogens with one attached hydrogen (secondary N) is 1. The highest BCUT2D eigenvalue weighted by atomic mass is 79.9. The summed E-state index contributed by atoms with van der Waals surface area (Å²) in [5, 5.41) is 3.36. The zero-order chi connectivity index (χ0) is 14.5. The molecule has 1 aliphatic rings. The van der Waals surface area contributed by atoms with Gasteiger partial charge < -0.3 is 19.5 Å². The Morgan fingerprint density at radius 2 is 1.75 bits per heavy atom. The van der Waals surface area contributed by atoms with Crippen molar-refractivity contribution in [3.63, 3.8) is 0 Å². The van der Waals surface area contributed by atoms with Crippen molar-refractivity contribution in [2.24, 2.45) is 0 Å². The summed E-state index contributed by atoms with van der Waals surface area (Å²) in [6, 6.07) is 1.88. The predicted octanol–water partition coefficient (Wildman–Crippen LogP) is 1.88. The number of rotatable bonds is 5. The second kappa shape index (κ2) is 7.15. The van der Waals surface area contributed by atoms with Gasteiger partial charge in [-0.15, -0.1) is 0 Å². The summed E-state index contributed by atoms with van der Waals surface area (Å²) in [7, 11) is 4.94.